The summed E-state index contributed by atoms with van der Waals surface area (Å²) in [7, 11) is 0. The standard InChI is InChI=1S/C38H44N8O2/c47-29-27-45(28-30-48)37-21-19-35(20-22-37)41-43-38-14-6-9-26-46(38)25-8-2-1-7-23-44-24-10-13-36(31-44)42-40-34-17-15-33(16-18-34)39-32-11-4-3-5-12-32/h3-6,9-22,24,26,31,39,47-48H,1-2,7-8,23,25,27-30H2/q+2. The van der Waals surface area contributed by atoms with E-state index in [0.29, 0.717) is 13.1 Å². The number of rotatable bonds is 18. The molecule has 0 fully saturated rings. The first kappa shape index (κ1) is 34.0. The zero-order valence-electron chi connectivity index (χ0n) is 27.2. The first-order chi connectivity index (χ1) is 23.7. The van der Waals surface area contributed by atoms with E-state index >= 15 is 0 Å². The van der Waals surface area contributed by atoms with Crippen molar-refractivity contribution in [2.24, 2.45) is 20.5 Å². The van der Waals surface area contributed by atoms with Crippen molar-refractivity contribution in [1.82, 2.24) is 0 Å². The van der Waals surface area contributed by atoms with Crippen LogP contribution in [0.5, 0.6) is 0 Å². The van der Waals surface area contributed by atoms with Gasteiger partial charge in [0.2, 0.25) is 0 Å². The summed E-state index contributed by atoms with van der Waals surface area (Å²) in [6, 6.07) is 35.6. The van der Waals surface area contributed by atoms with Gasteiger partial charge in [-0.3, -0.25) is 0 Å². The number of unbranched alkanes of at least 4 members (excludes halogenated alkanes) is 3. The number of anilines is 3. The highest BCUT2D eigenvalue weighted by Crippen LogP contribution is 2.23. The molecule has 48 heavy (non-hydrogen) atoms. The van der Waals surface area contributed by atoms with Gasteiger partial charge >= 0.3 is 5.82 Å². The van der Waals surface area contributed by atoms with Gasteiger partial charge in [-0.05, 0) is 97.2 Å². The Balaban J connectivity index is 1.04. The topological polar surface area (TPSA) is 113 Å². The third-order valence-corrected chi connectivity index (χ3v) is 7.76. The summed E-state index contributed by atoms with van der Waals surface area (Å²) in [5.41, 5.74) is 5.36. The van der Waals surface area contributed by atoms with Crippen LogP contribution in [0.3, 0.4) is 0 Å². The smallest absolute Gasteiger partial charge is 0.350 e. The minimum Gasteiger partial charge on any atom is -0.395 e. The number of pyridine rings is 2. The van der Waals surface area contributed by atoms with E-state index in [1.807, 2.05) is 126 Å². The summed E-state index contributed by atoms with van der Waals surface area (Å²) < 4.78 is 4.31. The molecule has 0 aliphatic rings. The first-order valence-electron chi connectivity index (χ1n) is 16.5. The minimum absolute atomic E-state index is 0.0291. The maximum Gasteiger partial charge on any atom is 0.350 e. The molecular formula is C38H44N8O2+2. The maximum absolute atomic E-state index is 9.29. The molecule has 10 nitrogen and oxygen atoms in total. The fraction of sp³-hybridized carbons (Fsp3) is 0.263. The highest BCUT2D eigenvalue weighted by atomic mass is 16.3. The van der Waals surface area contributed by atoms with Crippen LogP contribution >= 0.6 is 0 Å². The Kier molecular flexibility index (Phi) is 13.3. The lowest BCUT2D eigenvalue weighted by Gasteiger charge is -2.22. The lowest BCUT2D eigenvalue weighted by atomic mass is 10.2. The molecule has 0 aliphatic carbocycles. The molecule has 2 heterocycles. The number of nitrogens with one attached hydrogen (secondary N) is 1. The van der Waals surface area contributed by atoms with E-state index in [1.54, 1.807) is 0 Å². The zero-order valence-corrected chi connectivity index (χ0v) is 27.2. The number of aliphatic hydroxyl groups is 2. The van der Waals surface area contributed by atoms with Crippen molar-refractivity contribution in [1.29, 1.82) is 0 Å². The van der Waals surface area contributed by atoms with Crippen LogP contribution < -0.4 is 19.4 Å². The van der Waals surface area contributed by atoms with E-state index in [0.717, 1.165) is 78.7 Å². The summed E-state index contributed by atoms with van der Waals surface area (Å²) in [6.45, 7) is 2.79. The minimum atomic E-state index is 0.0291. The molecule has 3 N–H and O–H groups in total. The van der Waals surface area contributed by atoms with Crippen molar-refractivity contribution in [2.45, 2.75) is 38.8 Å². The van der Waals surface area contributed by atoms with Gasteiger partial charge in [0.15, 0.2) is 12.4 Å². The number of aryl methyl sites for hydroxylation is 2. The average molecular weight is 645 g/mol. The molecule has 0 spiro atoms. The molecule has 2 aromatic heterocycles. The summed E-state index contributed by atoms with van der Waals surface area (Å²) in [4.78, 5) is 1.93. The molecule has 0 aliphatic heterocycles. The van der Waals surface area contributed by atoms with Gasteiger partial charge in [-0.2, -0.15) is 5.11 Å². The number of nitrogens with zero attached hydrogens (tertiary/aromatic N) is 7. The molecule has 0 atom stereocenters. The van der Waals surface area contributed by atoms with Gasteiger partial charge in [-0.15, -0.1) is 5.11 Å². The van der Waals surface area contributed by atoms with E-state index in [4.69, 9.17) is 0 Å². The number of azo groups is 2. The first-order valence-corrected chi connectivity index (χ1v) is 16.5. The van der Waals surface area contributed by atoms with Crippen LogP contribution in [0.25, 0.3) is 0 Å². The fourth-order valence-electron chi connectivity index (χ4n) is 5.25. The molecule has 0 radical (unpaired) electrons. The predicted molar refractivity (Wildman–Crippen MR) is 189 cm³/mol. The Morgan fingerprint density at radius 1 is 0.542 bits per heavy atom. The highest BCUT2D eigenvalue weighted by molar-refractivity contribution is 5.61. The van der Waals surface area contributed by atoms with Crippen LogP contribution in [0.15, 0.2) is 148 Å². The van der Waals surface area contributed by atoms with Crippen LogP contribution in [0.2, 0.25) is 0 Å². The Labute approximate surface area is 282 Å². The lowest BCUT2D eigenvalue weighted by molar-refractivity contribution is -0.697. The number of aliphatic hydroxyl groups excluding tert-OH is 2. The molecule has 0 unspecified atom stereocenters. The summed E-state index contributed by atoms with van der Waals surface area (Å²) in [5.74, 6) is 0.810. The maximum atomic E-state index is 9.29. The van der Waals surface area contributed by atoms with E-state index in [-0.39, 0.29) is 13.2 Å². The van der Waals surface area contributed by atoms with Crippen LogP contribution in [0.1, 0.15) is 25.7 Å². The monoisotopic (exact) mass is 644 g/mol. The van der Waals surface area contributed by atoms with Crippen molar-refractivity contribution in [3.8, 4) is 0 Å². The largest absolute Gasteiger partial charge is 0.395 e. The van der Waals surface area contributed by atoms with Gasteiger partial charge in [0.1, 0.15) is 17.9 Å². The number of hydrogen-bond donors (Lipinski definition) is 3. The SMILES string of the molecule is OCCN(CCO)c1ccc(N=Nc2cccc[n+]2CCCCCC[n+]2cccc(N=Nc3ccc(Nc4ccccc4)cc3)c2)cc1. The van der Waals surface area contributed by atoms with Crippen molar-refractivity contribution in [3.05, 3.63) is 128 Å². The molecule has 5 aromatic rings. The molecule has 0 saturated carbocycles. The van der Waals surface area contributed by atoms with Gasteiger partial charge in [0.25, 0.3) is 0 Å². The molecule has 0 saturated heterocycles. The van der Waals surface area contributed by atoms with Gasteiger partial charge in [-0.1, -0.05) is 24.3 Å². The van der Waals surface area contributed by atoms with Crippen molar-refractivity contribution in [2.75, 3.05) is 36.5 Å². The second-order valence-electron chi connectivity index (χ2n) is 11.4. The zero-order chi connectivity index (χ0) is 33.2. The Hall–Kier alpha value is -5.32. The van der Waals surface area contributed by atoms with Crippen molar-refractivity contribution >= 4 is 39.9 Å². The molecule has 0 amide bonds. The molecule has 3 aromatic carbocycles. The van der Waals surface area contributed by atoms with Crippen LogP contribution in [-0.2, 0) is 13.1 Å². The normalized spacial score (nSPS) is 11.4. The second-order valence-corrected chi connectivity index (χ2v) is 11.4. The second kappa shape index (κ2) is 18.7. The number of hydrogen-bond acceptors (Lipinski definition) is 8. The van der Waals surface area contributed by atoms with E-state index in [2.05, 4.69) is 41.1 Å². The van der Waals surface area contributed by atoms with E-state index in [9.17, 15) is 10.2 Å². The molecule has 0 bridgehead atoms. The van der Waals surface area contributed by atoms with E-state index < -0.39 is 0 Å². The average Bonchev–Trinajstić information content (AvgIpc) is 3.13. The number of aromatic nitrogens is 2. The van der Waals surface area contributed by atoms with Crippen molar-refractivity contribution < 1.29 is 19.3 Å². The van der Waals surface area contributed by atoms with Gasteiger partial charge < -0.3 is 20.4 Å². The van der Waals surface area contributed by atoms with Gasteiger partial charge in [0, 0.05) is 48.7 Å². The number of para-hydroxylation sites is 1. The van der Waals surface area contributed by atoms with Crippen LogP contribution in [0.4, 0.5) is 39.9 Å². The third kappa shape index (κ3) is 10.9. The lowest BCUT2D eigenvalue weighted by Crippen LogP contribution is -2.33. The summed E-state index contributed by atoms with van der Waals surface area (Å²) in [6.07, 6.45) is 10.5. The third-order valence-electron chi connectivity index (χ3n) is 7.76. The number of benzene rings is 3. The molecular weight excluding hydrogens is 600 g/mol. The van der Waals surface area contributed by atoms with Crippen molar-refractivity contribution in [3.63, 3.8) is 0 Å². The summed E-state index contributed by atoms with van der Waals surface area (Å²) >= 11 is 0. The summed E-state index contributed by atoms with van der Waals surface area (Å²) in [5, 5.41) is 39.8. The highest BCUT2D eigenvalue weighted by Gasteiger charge is 2.10. The molecule has 5 rings (SSSR count). The Bertz CT molecular complexity index is 1720. The van der Waals surface area contributed by atoms with Gasteiger partial charge in [0.05, 0.1) is 36.8 Å². The molecule has 10 heteroatoms. The molecule has 246 valence electrons. The quantitative estimate of drug-likeness (QED) is 0.0512. The predicted octanol–water partition coefficient (Wildman–Crippen LogP) is 7.89. The van der Waals surface area contributed by atoms with E-state index in [1.165, 1.54) is 0 Å². The van der Waals surface area contributed by atoms with Gasteiger partial charge in [-0.25, -0.2) is 9.13 Å². The Morgan fingerprint density at radius 2 is 1.17 bits per heavy atom. The Morgan fingerprint density at radius 3 is 1.90 bits per heavy atom. The fourth-order valence-corrected chi connectivity index (χ4v) is 5.25. The van der Waals surface area contributed by atoms with Crippen LogP contribution in [0, 0.1) is 0 Å². The van der Waals surface area contributed by atoms with Crippen LogP contribution in [-0.4, -0.2) is 36.5 Å².